The molecule has 0 fully saturated rings. The summed E-state index contributed by atoms with van der Waals surface area (Å²) in [5.74, 6) is 0.0637. The highest BCUT2D eigenvalue weighted by Crippen LogP contribution is 2.48. The molecule has 0 aliphatic rings. The van der Waals surface area contributed by atoms with Gasteiger partial charge in [0.15, 0.2) is 0 Å². The van der Waals surface area contributed by atoms with Crippen LogP contribution in [0.4, 0.5) is 0 Å². The Balaban J connectivity index is 2.18. The molecule has 0 bridgehead atoms. The molecule has 0 aliphatic carbocycles. The van der Waals surface area contributed by atoms with Gasteiger partial charge in [0.05, 0.1) is 0 Å². The molecule has 3 rings (SSSR count). The largest absolute Gasteiger partial charge is 0.334 e. The third-order valence-corrected chi connectivity index (χ3v) is 10.0. The fraction of sp³-hybridized carbons (Fsp3) is 0.269. The van der Waals surface area contributed by atoms with Crippen molar-refractivity contribution in [2.45, 2.75) is 45.9 Å². The van der Waals surface area contributed by atoms with E-state index in [0.29, 0.717) is 0 Å². The molecular formula is C26H30NOPS. The Hall–Kier alpha value is -2.22. The van der Waals surface area contributed by atoms with Gasteiger partial charge in [-0.25, -0.2) is 0 Å². The smallest absolute Gasteiger partial charge is 0.255 e. The first-order chi connectivity index (χ1) is 14.3. The summed E-state index contributed by atoms with van der Waals surface area (Å²) in [5.41, 5.74) is 1.94. The van der Waals surface area contributed by atoms with Gasteiger partial charge in [-0.05, 0) is 44.6 Å². The molecule has 0 heterocycles. The molecule has 0 N–H and O–H groups in total. The quantitative estimate of drug-likeness (QED) is 0.452. The van der Waals surface area contributed by atoms with E-state index in [9.17, 15) is 4.79 Å². The van der Waals surface area contributed by atoms with Crippen LogP contribution in [0.2, 0.25) is 0 Å². The van der Waals surface area contributed by atoms with E-state index < -0.39 is 6.04 Å². The average molecular weight is 436 g/mol. The fourth-order valence-corrected chi connectivity index (χ4v) is 8.18. The molecule has 2 nitrogen and oxygen atoms in total. The molecule has 0 radical (unpaired) electrons. The van der Waals surface area contributed by atoms with Crippen molar-refractivity contribution in [1.29, 1.82) is 0 Å². The van der Waals surface area contributed by atoms with Gasteiger partial charge in [0.1, 0.15) is 0 Å². The van der Waals surface area contributed by atoms with Gasteiger partial charge in [-0.2, -0.15) is 0 Å². The van der Waals surface area contributed by atoms with Gasteiger partial charge >= 0.3 is 0 Å². The van der Waals surface area contributed by atoms with Gasteiger partial charge in [0.25, 0.3) is 5.91 Å². The first kappa shape index (κ1) is 22.5. The predicted octanol–water partition coefficient (Wildman–Crippen LogP) is 5.58. The minimum atomic E-state index is -2.25. The Kier molecular flexibility index (Phi) is 7.28. The topological polar surface area (TPSA) is 20.3 Å². The molecule has 0 aliphatic heterocycles. The van der Waals surface area contributed by atoms with Crippen LogP contribution in [0.5, 0.6) is 0 Å². The van der Waals surface area contributed by atoms with Crippen LogP contribution in [-0.2, 0) is 18.0 Å². The van der Waals surface area contributed by atoms with Crippen LogP contribution >= 0.6 is 6.04 Å². The summed E-state index contributed by atoms with van der Waals surface area (Å²) < 4.78 is 0. The van der Waals surface area contributed by atoms with Crippen LogP contribution in [0.15, 0.2) is 84.9 Å². The maximum atomic E-state index is 13.7. The van der Waals surface area contributed by atoms with Crippen molar-refractivity contribution in [3.8, 4) is 0 Å². The van der Waals surface area contributed by atoms with E-state index in [0.717, 1.165) is 22.3 Å². The molecular weight excluding hydrogens is 405 g/mol. The molecule has 0 aromatic heterocycles. The van der Waals surface area contributed by atoms with E-state index in [4.69, 9.17) is 11.8 Å². The average Bonchev–Trinajstić information content (AvgIpc) is 2.74. The molecule has 1 amide bonds. The fourth-order valence-electron chi connectivity index (χ4n) is 4.00. The summed E-state index contributed by atoms with van der Waals surface area (Å²) in [7, 11) is 0. The normalized spacial score (nSPS) is 13.3. The Morgan fingerprint density at radius 2 is 1.30 bits per heavy atom. The summed E-state index contributed by atoms with van der Waals surface area (Å²) in [4.78, 5) is 15.6. The van der Waals surface area contributed by atoms with E-state index in [1.165, 1.54) is 5.56 Å². The first-order valence-electron chi connectivity index (χ1n) is 10.5. The highest BCUT2D eigenvalue weighted by molar-refractivity contribution is 8.21. The lowest BCUT2D eigenvalue weighted by molar-refractivity contribution is 0.0645. The van der Waals surface area contributed by atoms with Crippen molar-refractivity contribution in [3.05, 3.63) is 96.1 Å². The highest BCUT2D eigenvalue weighted by atomic mass is 32.4. The van der Waals surface area contributed by atoms with E-state index in [1.54, 1.807) is 0 Å². The summed E-state index contributed by atoms with van der Waals surface area (Å²) in [5, 5.41) is 2.15. The monoisotopic (exact) mass is 435 g/mol. The number of carbonyl (C=O) groups excluding carboxylic acids is 1. The van der Waals surface area contributed by atoms with Gasteiger partial charge in [-0.1, -0.05) is 90.7 Å². The lowest BCUT2D eigenvalue weighted by Gasteiger charge is -2.33. The lowest BCUT2D eigenvalue weighted by Crippen LogP contribution is -2.43. The van der Waals surface area contributed by atoms with Gasteiger partial charge in [-0.3, -0.25) is 4.79 Å². The van der Waals surface area contributed by atoms with E-state index in [2.05, 4.69) is 70.2 Å². The molecule has 4 heteroatoms. The summed E-state index contributed by atoms with van der Waals surface area (Å²) in [6, 6.07) is 26.7. The minimum Gasteiger partial charge on any atom is -0.334 e. The van der Waals surface area contributed by atoms with Crippen molar-refractivity contribution in [1.82, 2.24) is 4.90 Å². The number of benzene rings is 3. The standard InChI is InChI=1S/C26H30NOPS/c1-20(2)27(21(3)4)26(28)24-17-11-12-18-25(24)29(30,23-15-9-6-10-16-23)19-22-13-7-5-8-14-22/h5-18,20-21H,19H2,1-4H3. The second kappa shape index (κ2) is 9.73. The van der Waals surface area contributed by atoms with Gasteiger partial charge in [-0.15, -0.1) is 0 Å². The van der Waals surface area contributed by atoms with Crippen LogP contribution in [-0.4, -0.2) is 22.9 Å². The molecule has 0 saturated heterocycles. The van der Waals surface area contributed by atoms with Gasteiger partial charge in [0, 0.05) is 35.2 Å². The SMILES string of the molecule is CC(C)N(C(=O)c1ccccc1P(=S)(Cc1ccccc1)c1ccccc1)C(C)C. The van der Waals surface area contributed by atoms with Crippen LogP contribution < -0.4 is 10.6 Å². The van der Waals surface area contributed by atoms with E-state index >= 15 is 0 Å². The minimum absolute atomic E-state index is 0.0637. The van der Waals surface area contributed by atoms with Crippen molar-refractivity contribution in [2.75, 3.05) is 0 Å². The van der Waals surface area contributed by atoms with Gasteiger partial charge < -0.3 is 4.90 Å². The Labute approximate surface area is 186 Å². The number of hydrogen-bond acceptors (Lipinski definition) is 2. The predicted molar refractivity (Wildman–Crippen MR) is 133 cm³/mol. The number of nitrogens with zero attached hydrogens (tertiary/aromatic N) is 1. The third kappa shape index (κ3) is 4.74. The molecule has 1 unspecified atom stereocenters. The highest BCUT2D eigenvalue weighted by Gasteiger charge is 2.30. The summed E-state index contributed by atoms with van der Waals surface area (Å²) >= 11 is 6.48. The van der Waals surface area contributed by atoms with Crippen molar-refractivity contribution in [3.63, 3.8) is 0 Å². The van der Waals surface area contributed by atoms with Crippen LogP contribution in [0, 0.1) is 0 Å². The van der Waals surface area contributed by atoms with Crippen LogP contribution in [0.3, 0.4) is 0 Å². The molecule has 156 valence electrons. The number of amides is 1. The zero-order valence-electron chi connectivity index (χ0n) is 18.2. The first-order valence-corrected chi connectivity index (χ1v) is 13.4. The molecule has 0 spiro atoms. The second-order valence-corrected chi connectivity index (χ2v) is 12.8. The third-order valence-electron chi connectivity index (χ3n) is 5.29. The maximum Gasteiger partial charge on any atom is 0.255 e. The van der Waals surface area contributed by atoms with E-state index in [1.807, 2.05) is 47.4 Å². The number of carbonyl (C=O) groups is 1. The zero-order valence-corrected chi connectivity index (χ0v) is 19.9. The Morgan fingerprint density at radius 1 is 0.800 bits per heavy atom. The summed E-state index contributed by atoms with van der Waals surface area (Å²) in [6.45, 7) is 8.27. The second-order valence-electron chi connectivity index (χ2n) is 8.14. The van der Waals surface area contributed by atoms with Crippen LogP contribution in [0.1, 0.15) is 43.6 Å². The molecule has 3 aromatic carbocycles. The van der Waals surface area contributed by atoms with Crippen molar-refractivity contribution in [2.24, 2.45) is 0 Å². The molecule has 0 saturated carbocycles. The maximum absolute atomic E-state index is 13.7. The Morgan fingerprint density at radius 3 is 1.87 bits per heavy atom. The zero-order chi connectivity index (χ0) is 21.7. The molecule has 30 heavy (non-hydrogen) atoms. The Bertz CT molecular complexity index is 1020. The van der Waals surface area contributed by atoms with Crippen molar-refractivity contribution >= 4 is 34.4 Å². The van der Waals surface area contributed by atoms with Crippen molar-refractivity contribution < 1.29 is 4.79 Å². The molecule has 3 aromatic rings. The molecule has 1 atom stereocenters. The van der Waals surface area contributed by atoms with E-state index in [-0.39, 0.29) is 18.0 Å². The lowest BCUT2D eigenvalue weighted by atomic mass is 10.1. The summed E-state index contributed by atoms with van der Waals surface area (Å²) in [6.07, 6.45) is 0.751. The van der Waals surface area contributed by atoms with Crippen LogP contribution in [0.25, 0.3) is 0 Å². The number of rotatable bonds is 7. The number of hydrogen-bond donors (Lipinski definition) is 0. The van der Waals surface area contributed by atoms with Gasteiger partial charge in [0.2, 0.25) is 0 Å².